The second-order valence-electron chi connectivity index (χ2n) is 30.7. The van der Waals surface area contributed by atoms with Gasteiger partial charge in [0.2, 0.25) is 0 Å². The Hall–Kier alpha value is 0.548. The normalized spacial score (nSPS) is 37.2. The van der Waals surface area contributed by atoms with Gasteiger partial charge in [0.25, 0.3) is 0 Å². The number of rotatable bonds is 16. The predicted octanol–water partition coefficient (Wildman–Crippen LogP) is 19.7. The predicted molar refractivity (Wildman–Crippen MR) is 339 cm³/mol. The number of hydrogen-bond acceptors (Lipinski definition) is 8. The van der Waals surface area contributed by atoms with E-state index in [1.54, 1.807) is 0 Å². The zero-order chi connectivity index (χ0) is 58.5. The van der Waals surface area contributed by atoms with E-state index >= 15 is 0 Å². The number of hydrogen-bond donors (Lipinski definition) is 0. The Morgan fingerprint density at radius 3 is 0.756 bits per heavy atom. The fraction of sp³-hybridized carbons (Fsp3) is 1.00. The molecule has 0 radical (unpaired) electrons. The quantitative estimate of drug-likeness (QED) is 0.142. The molecule has 0 aliphatic heterocycles. The Labute approximate surface area is 489 Å². The van der Waals surface area contributed by atoms with Crippen LogP contribution < -0.4 is 0 Å². The molecule has 0 heterocycles. The fourth-order valence-corrected chi connectivity index (χ4v) is 43.5. The summed E-state index contributed by atoms with van der Waals surface area (Å²) < 4.78 is 50.4. The third-order valence-electron chi connectivity index (χ3n) is 25.8. The maximum atomic E-state index is 6.63. The molecule has 0 aromatic carbocycles. The molecular formula is C66H132O8Si4. The zero-order valence-electron chi connectivity index (χ0n) is 56.1. The van der Waals surface area contributed by atoms with Crippen LogP contribution >= 0.6 is 0 Å². The minimum Gasteiger partial charge on any atom is -0.397 e. The fourth-order valence-electron chi connectivity index (χ4n) is 21.0. The van der Waals surface area contributed by atoms with Crippen LogP contribution in [-0.4, -0.2) is 91.1 Å². The summed E-state index contributed by atoms with van der Waals surface area (Å²) in [6.07, 6.45) is 29.3. The van der Waals surface area contributed by atoms with Crippen molar-refractivity contribution in [1.29, 1.82) is 0 Å². The van der Waals surface area contributed by atoms with E-state index in [1.165, 1.54) is 141 Å². The standard InChI is InChI=1S/C20H40O2Si.2C16H32O2Si.C14H28O2Si/c1-17(2,3)19(13-9-10-14-19)23(21-7,22-8)20(18(4,5)6)15-11-12-16-20;1-11-7-9-15(13(11)3)19(17-5,18-6)16-10-8-12(2)14(16)4;1-11-7-8-12(2)15(11)19(17-5,18-6)16-13(3)9-10-14(16)4;1-11-7-5-9-13(11)17(15-3,16-4)14-10-6-8-12(14)2/h9-16H2,1-8H3;2*11-16H,7-10H2,1-6H3;11-14H,5-10H2,1-4H3. The van der Waals surface area contributed by atoms with Crippen LogP contribution in [0.2, 0.25) is 43.3 Å². The molecule has 0 aromatic heterocycles. The zero-order valence-corrected chi connectivity index (χ0v) is 60.1. The highest BCUT2D eigenvalue weighted by atomic mass is 28.4. The topological polar surface area (TPSA) is 73.8 Å². The van der Waals surface area contributed by atoms with Gasteiger partial charge in [-0.15, -0.1) is 0 Å². The first kappa shape index (κ1) is 69.3. The van der Waals surface area contributed by atoms with Crippen molar-refractivity contribution in [2.75, 3.05) is 56.9 Å². The molecule has 0 N–H and O–H groups in total. The lowest BCUT2D eigenvalue weighted by Crippen LogP contribution is -2.66. The molecule has 8 aliphatic carbocycles. The summed E-state index contributed by atoms with van der Waals surface area (Å²) in [6, 6.07) is 0. The molecule has 8 saturated carbocycles. The van der Waals surface area contributed by atoms with Crippen molar-refractivity contribution in [3.63, 3.8) is 0 Å². The first-order valence-corrected chi connectivity index (χ1v) is 40.8. The molecule has 8 fully saturated rings. The van der Waals surface area contributed by atoms with Crippen molar-refractivity contribution >= 4 is 34.2 Å². The van der Waals surface area contributed by atoms with E-state index in [1.807, 2.05) is 56.9 Å². The Kier molecular flexibility index (Phi) is 25.2. The van der Waals surface area contributed by atoms with Gasteiger partial charge in [-0.05, 0) is 121 Å². The van der Waals surface area contributed by atoms with Gasteiger partial charge in [0.15, 0.2) is 0 Å². The average Bonchev–Trinajstić information content (AvgIpc) is 4.30. The van der Waals surface area contributed by atoms with Crippen LogP contribution in [0.3, 0.4) is 0 Å². The average molecular weight is 1170 g/mol. The Morgan fingerprint density at radius 1 is 0.282 bits per heavy atom. The molecule has 0 aromatic rings. The second kappa shape index (κ2) is 28.4. The summed E-state index contributed by atoms with van der Waals surface area (Å²) in [6.45, 7) is 38.7. The lowest BCUT2D eigenvalue weighted by Gasteiger charge is -2.62. The molecule has 0 bridgehead atoms. The lowest BCUT2D eigenvalue weighted by atomic mass is 9.77. The van der Waals surface area contributed by atoms with Gasteiger partial charge in [0, 0.05) is 100 Å². The van der Waals surface area contributed by atoms with Gasteiger partial charge >= 0.3 is 34.2 Å². The molecule has 8 nitrogen and oxygen atoms in total. The summed E-state index contributed by atoms with van der Waals surface area (Å²) in [7, 11) is 6.76. The van der Waals surface area contributed by atoms with Gasteiger partial charge in [0.1, 0.15) is 0 Å². The Balaban J connectivity index is 0.000000193. The van der Waals surface area contributed by atoms with Gasteiger partial charge in [-0.2, -0.15) is 0 Å². The van der Waals surface area contributed by atoms with E-state index in [-0.39, 0.29) is 20.9 Å². The van der Waals surface area contributed by atoms with E-state index in [9.17, 15) is 0 Å². The molecule has 8 rings (SSSR count). The molecule has 78 heavy (non-hydrogen) atoms. The monoisotopic (exact) mass is 1160 g/mol. The Morgan fingerprint density at radius 2 is 0.551 bits per heavy atom. The maximum absolute atomic E-state index is 6.63. The molecule has 14 unspecified atom stereocenters. The highest BCUT2D eigenvalue weighted by Gasteiger charge is 2.75. The second-order valence-corrected chi connectivity index (χ2v) is 45.7. The summed E-state index contributed by atoms with van der Waals surface area (Å²) in [4.78, 5) is 0. The molecule has 14 atom stereocenters. The highest BCUT2D eigenvalue weighted by molar-refractivity contribution is 6.74. The van der Waals surface area contributed by atoms with E-state index in [4.69, 9.17) is 35.4 Å². The van der Waals surface area contributed by atoms with Crippen LogP contribution in [0.4, 0.5) is 0 Å². The largest absolute Gasteiger partial charge is 0.397 e. The third kappa shape index (κ3) is 12.6. The molecule has 0 saturated heterocycles. The first-order chi connectivity index (χ1) is 36.6. The van der Waals surface area contributed by atoms with Crippen molar-refractivity contribution in [2.45, 2.75) is 295 Å². The molecule has 8 aliphatic rings. The Bertz CT molecular complexity index is 1630. The molecule has 0 amide bonds. The van der Waals surface area contributed by atoms with E-state index in [2.05, 4.69) is 111 Å². The van der Waals surface area contributed by atoms with Crippen LogP contribution in [-0.2, 0) is 35.4 Å². The molecule has 0 spiro atoms. The van der Waals surface area contributed by atoms with E-state index in [0.717, 1.165) is 70.3 Å². The van der Waals surface area contributed by atoms with E-state index in [0.29, 0.717) is 22.2 Å². The first-order valence-electron chi connectivity index (χ1n) is 33.1. The molecular weight excluding hydrogens is 1030 g/mol. The van der Waals surface area contributed by atoms with Crippen molar-refractivity contribution in [2.24, 2.45) is 70.0 Å². The molecule has 12 heteroatoms. The van der Waals surface area contributed by atoms with Gasteiger partial charge in [-0.25, -0.2) is 0 Å². The summed E-state index contributed by atoms with van der Waals surface area (Å²) in [5, 5.41) is 0.447. The minimum atomic E-state index is -2.45. The van der Waals surface area contributed by atoms with Crippen LogP contribution in [0.5, 0.6) is 0 Å². The lowest BCUT2D eigenvalue weighted by molar-refractivity contribution is 0.0771. The van der Waals surface area contributed by atoms with Crippen LogP contribution in [0.15, 0.2) is 0 Å². The maximum Gasteiger partial charge on any atom is 0.351 e. The molecule has 460 valence electrons. The smallest absolute Gasteiger partial charge is 0.351 e. The minimum absolute atomic E-state index is 0.223. The van der Waals surface area contributed by atoms with Crippen LogP contribution in [0, 0.1) is 70.0 Å². The van der Waals surface area contributed by atoms with Gasteiger partial charge in [-0.3, -0.25) is 0 Å². The van der Waals surface area contributed by atoms with Crippen molar-refractivity contribution < 1.29 is 35.4 Å². The van der Waals surface area contributed by atoms with Crippen LogP contribution in [0.25, 0.3) is 0 Å². The SMILES string of the molecule is CO[Si](OC)(C1(C(C)(C)C)CCCC1)C1(C(C)(C)C)CCCC1.CO[Si](OC)(C1C(C)CCC1C)C1C(C)CCC1C.CO[Si](OC)(C1CCC(C)C1C)C1CCC(C)C1C.CO[Si](OC)(C1CCCC1C)C1CCCC1C. The van der Waals surface area contributed by atoms with Crippen LogP contribution in [0.1, 0.15) is 252 Å². The summed E-state index contributed by atoms with van der Waals surface area (Å²) in [5.41, 5.74) is 4.63. The summed E-state index contributed by atoms with van der Waals surface area (Å²) in [5.74, 6) is 7.84. The van der Waals surface area contributed by atoms with Gasteiger partial charge in [-0.1, -0.05) is 201 Å². The van der Waals surface area contributed by atoms with Crippen molar-refractivity contribution in [1.82, 2.24) is 0 Å². The van der Waals surface area contributed by atoms with Crippen molar-refractivity contribution in [3.05, 3.63) is 0 Å². The third-order valence-corrected chi connectivity index (χ3v) is 47.4. The van der Waals surface area contributed by atoms with E-state index < -0.39 is 34.2 Å². The summed E-state index contributed by atoms with van der Waals surface area (Å²) >= 11 is 0. The van der Waals surface area contributed by atoms with Gasteiger partial charge in [0.05, 0.1) is 0 Å². The van der Waals surface area contributed by atoms with Gasteiger partial charge < -0.3 is 35.4 Å². The van der Waals surface area contributed by atoms with Crippen molar-refractivity contribution in [3.8, 4) is 0 Å². The highest BCUT2D eigenvalue weighted by Crippen LogP contribution is 2.75.